The molecule has 0 aliphatic rings. The highest BCUT2D eigenvalue weighted by atomic mass is 79.9. The van der Waals surface area contributed by atoms with Crippen molar-refractivity contribution in [2.45, 2.75) is 23.8 Å². The number of hydrogen-bond donors (Lipinski definition) is 0. The number of carbonyl (C=O) groups is 2. The smallest absolute Gasteiger partial charge is 0.306 e. The third kappa shape index (κ3) is 4.22. The number of thioether (sulfide) groups is 1. The van der Waals surface area contributed by atoms with Gasteiger partial charge in [-0.3, -0.25) is 14.2 Å². The van der Waals surface area contributed by atoms with Gasteiger partial charge in [0.25, 0.3) is 0 Å². The number of ether oxygens (including phenoxy) is 1. The Morgan fingerprint density at radius 2 is 1.97 bits per heavy atom. The zero-order valence-corrected chi connectivity index (χ0v) is 19.3. The normalized spacial score (nSPS) is 10.9. The van der Waals surface area contributed by atoms with Gasteiger partial charge in [-0.05, 0) is 23.8 Å². The molecule has 4 rings (SSSR count). The molecule has 0 aliphatic heterocycles. The zero-order valence-electron chi connectivity index (χ0n) is 16.9. The highest BCUT2D eigenvalue weighted by molar-refractivity contribution is 9.10. The van der Waals surface area contributed by atoms with E-state index in [0.717, 1.165) is 15.4 Å². The summed E-state index contributed by atoms with van der Waals surface area (Å²) in [5.41, 5.74) is 2.93. The number of halogens is 1. The highest BCUT2D eigenvalue weighted by Crippen LogP contribution is 2.33. The van der Waals surface area contributed by atoms with Crippen LogP contribution in [0, 0.1) is 11.3 Å². The Bertz CT molecular complexity index is 1400. The molecule has 0 N–H and O–H groups in total. The van der Waals surface area contributed by atoms with E-state index in [1.807, 2.05) is 30.3 Å². The topological polar surface area (TPSA) is 111 Å². The molecule has 32 heavy (non-hydrogen) atoms. The van der Waals surface area contributed by atoms with E-state index in [9.17, 15) is 14.9 Å². The summed E-state index contributed by atoms with van der Waals surface area (Å²) in [5, 5.41) is 19.0. The van der Waals surface area contributed by atoms with Crippen LogP contribution in [-0.2, 0) is 15.3 Å². The number of benzene rings is 2. The lowest BCUT2D eigenvalue weighted by Gasteiger charge is -2.06. The van der Waals surface area contributed by atoms with Crippen LogP contribution in [0.5, 0.6) is 0 Å². The van der Waals surface area contributed by atoms with Gasteiger partial charge in [-0.25, -0.2) is 4.98 Å². The maximum atomic E-state index is 13.0. The Morgan fingerprint density at radius 1 is 1.16 bits per heavy atom. The lowest BCUT2D eigenvalue weighted by molar-refractivity contribution is -0.140. The van der Waals surface area contributed by atoms with E-state index >= 15 is 0 Å². The molecule has 0 amide bonds. The number of fused-ring (bicyclic) bond motifs is 3. The maximum Gasteiger partial charge on any atom is 0.306 e. The number of nitrogens with zero attached hydrogens (tertiary/aromatic N) is 5. The number of esters is 1. The Morgan fingerprint density at radius 3 is 2.75 bits per heavy atom. The molecular weight excluding hydrogens is 494 g/mol. The number of aromatic nitrogens is 4. The van der Waals surface area contributed by atoms with Crippen molar-refractivity contribution in [2.75, 3.05) is 7.11 Å². The average Bonchev–Trinajstić information content (AvgIpc) is 3.15. The van der Waals surface area contributed by atoms with E-state index in [1.54, 1.807) is 12.1 Å². The summed E-state index contributed by atoms with van der Waals surface area (Å²) in [6.07, 6.45) is -0.0599. The summed E-state index contributed by atoms with van der Waals surface area (Å²) < 4.78 is 6.89. The van der Waals surface area contributed by atoms with E-state index in [2.05, 4.69) is 41.9 Å². The minimum atomic E-state index is -0.458. The van der Waals surface area contributed by atoms with Crippen molar-refractivity contribution in [1.82, 2.24) is 19.7 Å². The van der Waals surface area contributed by atoms with Gasteiger partial charge >= 0.3 is 5.97 Å². The van der Waals surface area contributed by atoms with Gasteiger partial charge in [0.2, 0.25) is 11.1 Å². The molecule has 160 valence electrons. The SMILES string of the molecule is COC(=O)CCC(=O)n1c2cccc(Br)c2c2nnc(SCc3ccccc3C#N)nc21. The molecule has 0 saturated carbocycles. The summed E-state index contributed by atoms with van der Waals surface area (Å²) in [5.74, 6) is -0.267. The maximum absolute atomic E-state index is 13.0. The van der Waals surface area contributed by atoms with Gasteiger partial charge in [0, 0.05) is 22.0 Å². The standard InChI is InChI=1S/C22H16BrN5O3S/c1-31-18(30)10-9-17(29)28-16-8-4-7-15(23)19(16)20-21(28)25-22(27-26-20)32-12-14-6-3-2-5-13(14)11-24/h2-8H,9-10,12H2,1H3. The van der Waals surface area contributed by atoms with Crippen molar-refractivity contribution >= 4 is 61.6 Å². The quantitative estimate of drug-likeness (QED) is 0.276. The molecule has 0 saturated heterocycles. The fourth-order valence-corrected chi connectivity index (χ4v) is 4.63. The first kappa shape index (κ1) is 21.9. The second kappa shape index (κ2) is 9.46. The van der Waals surface area contributed by atoms with Gasteiger partial charge in [0.1, 0.15) is 5.52 Å². The molecule has 0 fully saturated rings. The third-order valence-corrected chi connectivity index (χ3v) is 6.39. The molecule has 2 aromatic heterocycles. The monoisotopic (exact) mass is 509 g/mol. The predicted molar refractivity (Wildman–Crippen MR) is 123 cm³/mol. The summed E-state index contributed by atoms with van der Waals surface area (Å²) >= 11 is 4.85. The molecule has 0 unspecified atom stereocenters. The lowest BCUT2D eigenvalue weighted by atomic mass is 10.1. The fraction of sp³-hybridized carbons (Fsp3) is 0.182. The minimum absolute atomic E-state index is 0.0277. The third-order valence-electron chi connectivity index (χ3n) is 4.84. The number of carbonyl (C=O) groups excluding carboxylic acids is 2. The van der Waals surface area contributed by atoms with Gasteiger partial charge in [0.15, 0.2) is 5.65 Å². The van der Waals surface area contributed by atoms with E-state index in [4.69, 9.17) is 0 Å². The van der Waals surface area contributed by atoms with Gasteiger partial charge in [-0.2, -0.15) is 5.26 Å². The van der Waals surface area contributed by atoms with Gasteiger partial charge in [-0.1, -0.05) is 52.0 Å². The van der Waals surface area contributed by atoms with E-state index in [1.165, 1.54) is 23.4 Å². The number of methoxy groups -OCH3 is 1. The van der Waals surface area contributed by atoms with Crippen LogP contribution in [0.1, 0.15) is 28.8 Å². The predicted octanol–water partition coefficient (Wildman–Crippen LogP) is 4.50. The van der Waals surface area contributed by atoms with Gasteiger partial charge in [0.05, 0.1) is 30.7 Å². The molecule has 2 aromatic carbocycles. The van der Waals surface area contributed by atoms with Crippen LogP contribution in [-0.4, -0.2) is 38.7 Å². The van der Waals surface area contributed by atoms with Crippen LogP contribution in [0.15, 0.2) is 52.1 Å². The molecule has 10 heteroatoms. The Hall–Kier alpha value is -3.29. The van der Waals surface area contributed by atoms with Crippen LogP contribution in [0.3, 0.4) is 0 Å². The second-order valence-corrected chi connectivity index (χ2v) is 8.56. The molecule has 0 bridgehead atoms. The number of rotatable bonds is 6. The van der Waals surface area contributed by atoms with Gasteiger partial charge < -0.3 is 4.74 Å². The first-order valence-corrected chi connectivity index (χ1v) is 11.4. The molecule has 4 aromatic rings. The highest BCUT2D eigenvalue weighted by Gasteiger charge is 2.22. The first-order valence-electron chi connectivity index (χ1n) is 9.57. The second-order valence-electron chi connectivity index (χ2n) is 6.76. The fourth-order valence-electron chi connectivity index (χ4n) is 3.30. The largest absolute Gasteiger partial charge is 0.469 e. The summed E-state index contributed by atoms with van der Waals surface area (Å²) in [4.78, 5) is 29.2. The van der Waals surface area contributed by atoms with Crippen LogP contribution in [0.4, 0.5) is 0 Å². The van der Waals surface area contributed by atoms with Crippen molar-refractivity contribution < 1.29 is 14.3 Å². The molecule has 0 radical (unpaired) electrons. The van der Waals surface area contributed by atoms with Crippen molar-refractivity contribution in [2.24, 2.45) is 0 Å². The molecule has 0 aliphatic carbocycles. The van der Waals surface area contributed by atoms with Crippen molar-refractivity contribution in [3.63, 3.8) is 0 Å². The van der Waals surface area contributed by atoms with E-state index < -0.39 is 5.97 Å². The Balaban J connectivity index is 1.75. The van der Waals surface area contributed by atoms with Crippen molar-refractivity contribution in [3.8, 4) is 6.07 Å². The average molecular weight is 510 g/mol. The summed E-state index contributed by atoms with van der Waals surface area (Å²) in [6.45, 7) is 0. The van der Waals surface area contributed by atoms with Crippen molar-refractivity contribution in [1.29, 1.82) is 5.26 Å². The number of nitriles is 1. The van der Waals surface area contributed by atoms with Crippen LogP contribution < -0.4 is 0 Å². The molecule has 0 spiro atoms. The zero-order chi connectivity index (χ0) is 22.7. The Labute approximate surface area is 195 Å². The summed E-state index contributed by atoms with van der Waals surface area (Å²) in [7, 11) is 1.29. The first-order chi connectivity index (χ1) is 15.5. The minimum Gasteiger partial charge on any atom is -0.469 e. The Kier molecular flexibility index (Phi) is 6.48. The lowest BCUT2D eigenvalue weighted by Crippen LogP contribution is -2.14. The van der Waals surface area contributed by atoms with Crippen LogP contribution in [0.2, 0.25) is 0 Å². The van der Waals surface area contributed by atoms with E-state index in [0.29, 0.717) is 33.2 Å². The van der Waals surface area contributed by atoms with Crippen molar-refractivity contribution in [3.05, 3.63) is 58.1 Å². The van der Waals surface area contributed by atoms with Gasteiger partial charge in [-0.15, -0.1) is 10.2 Å². The molecule has 8 nitrogen and oxygen atoms in total. The van der Waals surface area contributed by atoms with Crippen LogP contribution >= 0.6 is 27.7 Å². The summed E-state index contributed by atoms with van der Waals surface area (Å²) in [6, 6.07) is 15.0. The van der Waals surface area contributed by atoms with Crippen LogP contribution in [0.25, 0.3) is 22.1 Å². The molecule has 2 heterocycles. The molecule has 0 atom stereocenters. The number of hydrogen-bond acceptors (Lipinski definition) is 8. The van der Waals surface area contributed by atoms with E-state index in [-0.39, 0.29) is 18.7 Å². The molecular formula is C22H16BrN5O3S.